The Morgan fingerprint density at radius 2 is 2.00 bits per heavy atom. The molecule has 0 saturated carbocycles. The summed E-state index contributed by atoms with van der Waals surface area (Å²) in [5.74, 6) is 0.00529. The van der Waals surface area contributed by atoms with Crippen LogP contribution >= 0.6 is 0 Å². The van der Waals surface area contributed by atoms with Gasteiger partial charge in [-0.25, -0.2) is 0 Å². The van der Waals surface area contributed by atoms with Crippen LogP contribution in [0.15, 0.2) is 48.9 Å². The third-order valence-electron chi connectivity index (χ3n) is 2.92. The predicted molar refractivity (Wildman–Crippen MR) is 73.6 cm³/mol. The molecule has 2 rings (SSSR count). The largest absolute Gasteiger partial charge is 0.356 e. The summed E-state index contributed by atoms with van der Waals surface area (Å²) in [5, 5.41) is 2.83. The average Bonchev–Trinajstić information content (AvgIpc) is 2.47. The Labute approximate surface area is 112 Å². The van der Waals surface area contributed by atoms with Gasteiger partial charge in [-0.15, -0.1) is 0 Å². The van der Waals surface area contributed by atoms with Crippen LogP contribution in [0, 0.1) is 0 Å². The highest BCUT2D eigenvalue weighted by Crippen LogP contribution is 2.25. The molecule has 1 amide bonds. The normalized spacial score (nSPS) is 11.8. The number of carbonyl (C=O) groups is 1. The molecule has 0 aliphatic carbocycles. The molecule has 0 bridgehead atoms. The van der Waals surface area contributed by atoms with Crippen molar-refractivity contribution in [3.8, 4) is 0 Å². The van der Waals surface area contributed by atoms with E-state index < -0.39 is 0 Å². The summed E-state index contributed by atoms with van der Waals surface area (Å²) in [6.07, 6.45) is 5.63. The Morgan fingerprint density at radius 3 is 2.63 bits per heavy atom. The summed E-state index contributed by atoms with van der Waals surface area (Å²) in [6, 6.07) is 9.62. The van der Waals surface area contributed by atoms with E-state index in [1.54, 1.807) is 18.6 Å². The zero-order valence-corrected chi connectivity index (χ0v) is 10.9. The minimum Gasteiger partial charge on any atom is -0.356 e. The monoisotopic (exact) mass is 255 g/mol. The van der Waals surface area contributed by atoms with Crippen molar-refractivity contribution in [3.63, 3.8) is 0 Å². The van der Waals surface area contributed by atoms with Crippen LogP contribution in [0.2, 0.25) is 0 Å². The SMILES string of the molecule is CCNC(=O)C[C@H](c1ccncc1)c1ccccn1. The molecule has 0 aromatic carbocycles. The first-order valence-corrected chi connectivity index (χ1v) is 6.38. The maximum atomic E-state index is 11.8. The van der Waals surface area contributed by atoms with Gasteiger partial charge in [-0.05, 0) is 36.8 Å². The van der Waals surface area contributed by atoms with E-state index in [0.717, 1.165) is 11.3 Å². The summed E-state index contributed by atoms with van der Waals surface area (Å²) in [6.45, 7) is 2.56. The van der Waals surface area contributed by atoms with E-state index in [1.807, 2.05) is 37.3 Å². The molecule has 2 aromatic rings. The molecule has 0 fully saturated rings. The van der Waals surface area contributed by atoms with Crippen molar-refractivity contribution >= 4 is 5.91 Å². The van der Waals surface area contributed by atoms with E-state index in [0.29, 0.717) is 13.0 Å². The molecule has 19 heavy (non-hydrogen) atoms. The molecular weight excluding hydrogens is 238 g/mol. The van der Waals surface area contributed by atoms with Crippen molar-refractivity contribution in [1.82, 2.24) is 15.3 Å². The maximum Gasteiger partial charge on any atom is 0.221 e. The Morgan fingerprint density at radius 1 is 1.21 bits per heavy atom. The Bertz CT molecular complexity index is 474. The van der Waals surface area contributed by atoms with E-state index in [1.165, 1.54) is 0 Å². The molecule has 98 valence electrons. The molecule has 0 aliphatic heterocycles. The van der Waals surface area contributed by atoms with Crippen molar-refractivity contribution in [2.75, 3.05) is 6.54 Å². The first kappa shape index (κ1) is 13.2. The molecular formula is C15H17N3O. The minimum atomic E-state index is -0.0317. The van der Waals surface area contributed by atoms with Crippen molar-refractivity contribution in [1.29, 1.82) is 0 Å². The predicted octanol–water partition coefficient (Wildman–Crippen LogP) is 2.13. The van der Waals surface area contributed by atoms with Gasteiger partial charge in [-0.1, -0.05) is 6.07 Å². The fourth-order valence-corrected chi connectivity index (χ4v) is 2.03. The lowest BCUT2D eigenvalue weighted by Gasteiger charge is -2.16. The Kier molecular flexibility index (Phi) is 4.61. The molecule has 0 aliphatic rings. The smallest absolute Gasteiger partial charge is 0.221 e. The quantitative estimate of drug-likeness (QED) is 0.890. The van der Waals surface area contributed by atoms with E-state index in [2.05, 4.69) is 15.3 Å². The lowest BCUT2D eigenvalue weighted by atomic mass is 9.92. The van der Waals surface area contributed by atoms with Gasteiger partial charge in [0.25, 0.3) is 0 Å². The second-order valence-corrected chi connectivity index (χ2v) is 4.25. The first-order valence-electron chi connectivity index (χ1n) is 6.38. The van der Waals surface area contributed by atoms with E-state index in [4.69, 9.17) is 0 Å². The zero-order chi connectivity index (χ0) is 13.5. The van der Waals surface area contributed by atoms with Gasteiger partial charge >= 0.3 is 0 Å². The first-order chi connectivity index (χ1) is 9.31. The van der Waals surface area contributed by atoms with Gasteiger partial charge in [0, 0.05) is 43.2 Å². The highest BCUT2D eigenvalue weighted by molar-refractivity contribution is 5.77. The summed E-state index contributed by atoms with van der Waals surface area (Å²) in [7, 11) is 0. The van der Waals surface area contributed by atoms with Crippen LogP contribution in [-0.4, -0.2) is 22.4 Å². The molecule has 1 atom stereocenters. The van der Waals surface area contributed by atoms with Gasteiger partial charge in [0.15, 0.2) is 0 Å². The van der Waals surface area contributed by atoms with Crippen LogP contribution < -0.4 is 5.32 Å². The van der Waals surface area contributed by atoms with Gasteiger partial charge in [-0.3, -0.25) is 14.8 Å². The summed E-state index contributed by atoms with van der Waals surface area (Å²) in [5.41, 5.74) is 1.96. The number of pyridine rings is 2. The van der Waals surface area contributed by atoms with Crippen LogP contribution in [0.4, 0.5) is 0 Å². The van der Waals surface area contributed by atoms with Crippen molar-refractivity contribution in [2.24, 2.45) is 0 Å². The van der Waals surface area contributed by atoms with Crippen molar-refractivity contribution in [3.05, 3.63) is 60.2 Å². The van der Waals surface area contributed by atoms with Gasteiger partial charge in [0.1, 0.15) is 0 Å². The van der Waals surface area contributed by atoms with Crippen molar-refractivity contribution in [2.45, 2.75) is 19.3 Å². The number of aromatic nitrogens is 2. The Balaban J connectivity index is 2.26. The summed E-state index contributed by atoms with van der Waals surface area (Å²) < 4.78 is 0. The van der Waals surface area contributed by atoms with Crippen molar-refractivity contribution < 1.29 is 4.79 Å². The molecule has 0 radical (unpaired) electrons. The van der Waals surface area contributed by atoms with E-state index in [9.17, 15) is 4.79 Å². The number of rotatable bonds is 5. The Hall–Kier alpha value is -2.23. The van der Waals surface area contributed by atoms with Crippen LogP contribution in [0.1, 0.15) is 30.5 Å². The summed E-state index contributed by atoms with van der Waals surface area (Å²) >= 11 is 0. The average molecular weight is 255 g/mol. The lowest BCUT2D eigenvalue weighted by Crippen LogP contribution is -2.25. The minimum absolute atomic E-state index is 0.0317. The maximum absolute atomic E-state index is 11.8. The fourth-order valence-electron chi connectivity index (χ4n) is 2.03. The van der Waals surface area contributed by atoms with E-state index >= 15 is 0 Å². The highest BCUT2D eigenvalue weighted by atomic mass is 16.1. The molecule has 0 spiro atoms. The topological polar surface area (TPSA) is 54.9 Å². The molecule has 1 N–H and O–H groups in total. The molecule has 4 nitrogen and oxygen atoms in total. The summed E-state index contributed by atoms with van der Waals surface area (Å²) in [4.78, 5) is 20.2. The third-order valence-corrected chi connectivity index (χ3v) is 2.92. The molecule has 4 heteroatoms. The molecule has 2 heterocycles. The molecule has 0 unspecified atom stereocenters. The lowest BCUT2D eigenvalue weighted by molar-refractivity contribution is -0.121. The second kappa shape index (κ2) is 6.64. The van der Waals surface area contributed by atoms with Crippen LogP contribution in [0.25, 0.3) is 0 Å². The number of nitrogens with zero attached hydrogens (tertiary/aromatic N) is 2. The van der Waals surface area contributed by atoms with Gasteiger partial charge in [-0.2, -0.15) is 0 Å². The van der Waals surface area contributed by atoms with Crippen LogP contribution in [0.5, 0.6) is 0 Å². The molecule has 2 aromatic heterocycles. The number of amides is 1. The standard InChI is InChI=1S/C15H17N3O/c1-2-17-15(19)11-13(12-6-9-16-10-7-12)14-5-3-4-8-18-14/h3-10,13H,2,11H2,1H3,(H,17,19)/t13-/m1/s1. The number of nitrogens with one attached hydrogen (secondary N) is 1. The van der Waals surface area contributed by atoms with E-state index in [-0.39, 0.29) is 11.8 Å². The van der Waals surface area contributed by atoms with Crippen LogP contribution in [0.3, 0.4) is 0 Å². The molecule has 0 saturated heterocycles. The van der Waals surface area contributed by atoms with Crippen LogP contribution in [-0.2, 0) is 4.79 Å². The number of hydrogen-bond acceptors (Lipinski definition) is 3. The highest BCUT2D eigenvalue weighted by Gasteiger charge is 2.18. The van der Waals surface area contributed by atoms with Gasteiger partial charge < -0.3 is 5.32 Å². The van der Waals surface area contributed by atoms with Gasteiger partial charge in [0.05, 0.1) is 0 Å². The number of carbonyl (C=O) groups excluding carboxylic acids is 1. The number of hydrogen-bond donors (Lipinski definition) is 1. The second-order valence-electron chi connectivity index (χ2n) is 4.25. The third kappa shape index (κ3) is 3.61. The fraction of sp³-hybridized carbons (Fsp3) is 0.267. The van der Waals surface area contributed by atoms with Gasteiger partial charge in [0.2, 0.25) is 5.91 Å². The zero-order valence-electron chi connectivity index (χ0n) is 10.9.